The number of fused-ring (bicyclic) bond motifs is 1. The molecule has 0 aliphatic rings. The zero-order valence-corrected chi connectivity index (χ0v) is 17.6. The quantitative estimate of drug-likeness (QED) is 0.407. The average molecular weight is 443 g/mol. The molecule has 4 N–H and O–H groups in total. The highest BCUT2D eigenvalue weighted by Crippen LogP contribution is 2.32. The van der Waals surface area contributed by atoms with Gasteiger partial charge < -0.3 is 11.5 Å². The molecule has 3 heterocycles. The van der Waals surface area contributed by atoms with Crippen LogP contribution in [0.15, 0.2) is 90.3 Å². The van der Waals surface area contributed by atoms with Crippen molar-refractivity contribution in [1.82, 2.24) is 18.9 Å². The van der Waals surface area contributed by atoms with E-state index < -0.39 is 10.0 Å². The van der Waals surface area contributed by atoms with Gasteiger partial charge >= 0.3 is 0 Å². The number of nitrogens with two attached hydrogens (primary N) is 2. The first kappa shape index (κ1) is 19.7. The van der Waals surface area contributed by atoms with Gasteiger partial charge in [-0.05, 0) is 42.5 Å². The topological polar surface area (TPSA) is 130 Å². The van der Waals surface area contributed by atoms with E-state index >= 15 is 0 Å². The molecule has 8 nitrogen and oxygen atoms in total. The molecular formula is C23H18N6O2S. The maximum atomic E-state index is 13.0. The molecule has 0 radical (unpaired) electrons. The molecular weight excluding hydrogens is 424 g/mol. The Kier molecular flexibility index (Phi) is 4.60. The average Bonchev–Trinajstić information content (AvgIpc) is 3.24. The summed E-state index contributed by atoms with van der Waals surface area (Å²) in [5.74, 6) is 0. The zero-order chi connectivity index (χ0) is 22.3. The number of rotatable bonds is 4. The van der Waals surface area contributed by atoms with Crippen LogP contribution in [0.25, 0.3) is 33.5 Å². The Morgan fingerprint density at radius 2 is 1.50 bits per heavy atom. The Labute approximate surface area is 184 Å². The largest absolute Gasteiger partial charge is 0.398 e. The van der Waals surface area contributed by atoms with E-state index in [9.17, 15) is 8.42 Å². The monoisotopic (exact) mass is 442 g/mol. The van der Waals surface area contributed by atoms with Gasteiger partial charge in [-0.15, -0.1) is 0 Å². The van der Waals surface area contributed by atoms with Crippen molar-refractivity contribution in [2.24, 2.45) is 0 Å². The number of aromatic nitrogens is 4. The minimum atomic E-state index is -3.75. The molecule has 9 heteroatoms. The highest BCUT2D eigenvalue weighted by atomic mass is 32.2. The molecule has 0 amide bonds. The molecule has 0 spiro atoms. The highest BCUT2D eigenvalue weighted by molar-refractivity contribution is 7.90. The van der Waals surface area contributed by atoms with Gasteiger partial charge in [0.05, 0.1) is 16.3 Å². The van der Waals surface area contributed by atoms with Crippen LogP contribution >= 0.6 is 0 Å². The van der Waals surface area contributed by atoms with Gasteiger partial charge in [0.25, 0.3) is 10.0 Å². The fraction of sp³-hybridized carbons (Fsp3) is 0. The van der Waals surface area contributed by atoms with Gasteiger partial charge in [0, 0.05) is 40.3 Å². The van der Waals surface area contributed by atoms with Crippen LogP contribution in [-0.2, 0) is 10.0 Å². The molecule has 32 heavy (non-hydrogen) atoms. The third-order valence-corrected chi connectivity index (χ3v) is 6.82. The lowest BCUT2D eigenvalue weighted by molar-refractivity contribution is 0.589. The van der Waals surface area contributed by atoms with Gasteiger partial charge in [0.2, 0.25) is 0 Å². The van der Waals surface area contributed by atoms with E-state index in [2.05, 4.69) is 15.0 Å². The first-order chi connectivity index (χ1) is 15.4. The summed E-state index contributed by atoms with van der Waals surface area (Å²) in [6.07, 6.45) is 4.52. The van der Waals surface area contributed by atoms with Crippen LogP contribution in [0.2, 0.25) is 0 Å². The van der Waals surface area contributed by atoms with E-state index in [0.29, 0.717) is 44.9 Å². The van der Waals surface area contributed by atoms with E-state index in [1.807, 2.05) is 6.07 Å². The molecule has 5 rings (SSSR count). The molecule has 0 atom stereocenters. The fourth-order valence-corrected chi connectivity index (χ4v) is 4.91. The molecule has 0 unspecified atom stereocenters. The molecule has 2 aromatic carbocycles. The summed E-state index contributed by atoms with van der Waals surface area (Å²) in [5.41, 5.74) is 16.1. The third kappa shape index (κ3) is 3.25. The van der Waals surface area contributed by atoms with Gasteiger partial charge in [-0.25, -0.2) is 27.3 Å². The van der Waals surface area contributed by atoms with Crippen LogP contribution in [-0.4, -0.2) is 27.3 Å². The SMILES string of the molecule is Nc1cccc(N)c1-c1cc(-c2cnc3c(ccn3S(=O)(=O)c3ccccc3)c2)ncn1. The second-order valence-electron chi connectivity index (χ2n) is 7.17. The molecule has 0 bridgehead atoms. The van der Waals surface area contributed by atoms with E-state index in [1.54, 1.807) is 66.9 Å². The molecule has 0 aliphatic carbocycles. The van der Waals surface area contributed by atoms with Crippen molar-refractivity contribution in [3.8, 4) is 22.5 Å². The predicted molar refractivity (Wildman–Crippen MR) is 124 cm³/mol. The summed E-state index contributed by atoms with van der Waals surface area (Å²) in [6, 6.07) is 18.9. The van der Waals surface area contributed by atoms with Crippen LogP contribution in [0.5, 0.6) is 0 Å². The van der Waals surface area contributed by atoms with Crippen molar-refractivity contribution in [1.29, 1.82) is 0 Å². The molecule has 0 aliphatic heterocycles. The minimum absolute atomic E-state index is 0.196. The van der Waals surface area contributed by atoms with E-state index in [1.165, 1.54) is 16.5 Å². The number of pyridine rings is 1. The van der Waals surface area contributed by atoms with Gasteiger partial charge in [-0.2, -0.15) is 0 Å². The second kappa shape index (κ2) is 7.47. The Morgan fingerprint density at radius 3 is 2.25 bits per heavy atom. The molecule has 5 aromatic rings. The maximum Gasteiger partial charge on any atom is 0.269 e. The maximum absolute atomic E-state index is 13.0. The van der Waals surface area contributed by atoms with Gasteiger partial charge in [-0.3, -0.25) is 0 Å². The van der Waals surface area contributed by atoms with Gasteiger partial charge in [-0.1, -0.05) is 24.3 Å². The zero-order valence-electron chi connectivity index (χ0n) is 16.8. The van der Waals surface area contributed by atoms with Crippen LogP contribution in [0.3, 0.4) is 0 Å². The van der Waals surface area contributed by atoms with Crippen LogP contribution in [0, 0.1) is 0 Å². The number of hydrogen-bond acceptors (Lipinski definition) is 7. The third-order valence-electron chi connectivity index (χ3n) is 5.14. The smallest absolute Gasteiger partial charge is 0.269 e. The van der Waals surface area contributed by atoms with Gasteiger partial charge in [0.15, 0.2) is 5.65 Å². The first-order valence-electron chi connectivity index (χ1n) is 9.69. The van der Waals surface area contributed by atoms with Gasteiger partial charge in [0.1, 0.15) is 6.33 Å². The van der Waals surface area contributed by atoms with E-state index in [0.717, 1.165) is 0 Å². The standard InChI is InChI=1S/C23H18N6O2S/c24-18-7-4-8-19(25)22(18)21-12-20(27-14-28-21)16-11-15-9-10-29(23(15)26-13-16)32(30,31)17-5-2-1-3-6-17/h1-14H,24-25H2. The fourth-order valence-electron chi connectivity index (χ4n) is 3.58. The van der Waals surface area contributed by atoms with Crippen LogP contribution < -0.4 is 11.5 Å². The summed E-state index contributed by atoms with van der Waals surface area (Å²) < 4.78 is 27.2. The predicted octanol–water partition coefficient (Wildman–Crippen LogP) is 3.56. The Hall–Kier alpha value is -4.24. The lowest BCUT2D eigenvalue weighted by Crippen LogP contribution is -2.12. The van der Waals surface area contributed by atoms with Crippen molar-refractivity contribution >= 4 is 32.4 Å². The van der Waals surface area contributed by atoms with E-state index in [4.69, 9.17) is 11.5 Å². The summed E-state index contributed by atoms with van der Waals surface area (Å²) in [4.78, 5) is 13.3. The van der Waals surface area contributed by atoms with Crippen molar-refractivity contribution < 1.29 is 8.42 Å². The normalized spacial score (nSPS) is 11.6. The van der Waals surface area contributed by atoms with Crippen LogP contribution in [0.4, 0.5) is 11.4 Å². The lowest BCUT2D eigenvalue weighted by atomic mass is 10.0. The Balaban J connectivity index is 1.58. The molecule has 0 fully saturated rings. The Morgan fingerprint density at radius 1 is 0.781 bits per heavy atom. The number of nitrogens with zero attached hydrogens (tertiary/aromatic N) is 4. The van der Waals surface area contributed by atoms with Crippen molar-refractivity contribution in [2.75, 3.05) is 11.5 Å². The molecule has 158 valence electrons. The number of benzene rings is 2. The van der Waals surface area contributed by atoms with Crippen molar-refractivity contribution in [3.63, 3.8) is 0 Å². The van der Waals surface area contributed by atoms with Crippen molar-refractivity contribution in [2.45, 2.75) is 4.90 Å². The molecule has 3 aromatic heterocycles. The first-order valence-corrected chi connectivity index (χ1v) is 11.1. The number of hydrogen-bond donors (Lipinski definition) is 2. The molecule has 0 saturated heterocycles. The van der Waals surface area contributed by atoms with Crippen molar-refractivity contribution in [3.05, 3.63) is 85.5 Å². The number of anilines is 2. The molecule has 0 saturated carbocycles. The summed E-state index contributed by atoms with van der Waals surface area (Å²) >= 11 is 0. The minimum Gasteiger partial charge on any atom is -0.398 e. The summed E-state index contributed by atoms with van der Waals surface area (Å²) in [6.45, 7) is 0. The summed E-state index contributed by atoms with van der Waals surface area (Å²) in [7, 11) is -3.75. The highest BCUT2D eigenvalue weighted by Gasteiger charge is 2.20. The van der Waals surface area contributed by atoms with Crippen LogP contribution in [0.1, 0.15) is 0 Å². The number of nitrogen functional groups attached to an aromatic ring is 2. The summed E-state index contributed by atoms with van der Waals surface area (Å²) in [5, 5.41) is 0.668. The Bertz CT molecular complexity index is 1540. The second-order valence-corrected chi connectivity index (χ2v) is 8.98. The van der Waals surface area contributed by atoms with E-state index in [-0.39, 0.29) is 4.90 Å². The lowest BCUT2D eigenvalue weighted by Gasteiger charge is -2.10.